The van der Waals surface area contributed by atoms with Gasteiger partial charge in [0.05, 0.1) is 0 Å². The van der Waals surface area contributed by atoms with Gasteiger partial charge in [0.25, 0.3) is 0 Å². The molecule has 0 aliphatic carbocycles. The first kappa shape index (κ1) is 9.96. The fourth-order valence-corrected chi connectivity index (χ4v) is 1.25. The summed E-state index contributed by atoms with van der Waals surface area (Å²) in [6, 6.07) is 0. The Hall–Kier alpha value is -0.120. The van der Waals surface area contributed by atoms with Crippen LogP contribution in [0, 0.1) is 0 Å². The van der Waals surface area contributed by atoms with Gasteiger partial charge in [-0.3, -0.25) is 0 Å². The maximum Gasteiger partial charge on any atom is 0.0104 e. The summed E-state index contributed by atoms with van der Waals surface area (Å²) in [4.78, 5) is 4.64. The summed E-state index contributed by atoms with van der Waals surface area (Å²) in [5.41, 5.74) is 0. The minimum atomic E-state index is 1.16. The molecule has 3 nitrogen and oxygen atoms in total. The molecule has 0 unspecified atom stereocenters. The lowest BCUT2D eigenvalue weighted by molar-refractivity contribution is 0.229. The van der Waals surface area contributed by atoms with Crippen LogP contribution < -0.4 is 5.32 Å². The Bertz CT molecular complexity index is 106. The molecule has 0 aromatic rings. The van der Waals surface area contributed by atoms with Gasteiger partial charge in [0.1, 0.15) is 0 Å². The Morgan fingerprint density at radius 1 is 0.833 bits per heavy atom. The average Bonchev–Trinajstić information content (AvgIpc) is 2.04. The van der Waals surface area contributed by atoms with Crippen LogP contribution >= 0.6 is 0 Å². The lowest BCUT2D eigenvalue weighted by atomic mass is 10.3. The summed E-state index contributed by atoms with van der Waals surface area (Å²) >= 11 is 0. The predicted octanol–water partition coefficient (Wildman–Crippen LogP) is -0.157. The van der Waals surface area contributed by atoms with Crippen LogP contribution in [0.15, 0.2) is 0 Å². The first-order valence-corrected chi connectivity index (χ1v) is 4.87. The third-order valence-corrected chi connectivity index (χ3v) is 2.42. The molecular formula is C9H21N3. The summed E-state index contributed by atoms with van der Waals surface area (Å²) in [6.07, 6.45) is 1.41. The maximum atomic E-state index is 3.27. The SMILES string of the molecule is CN1CCC1.CN1CCNCC1. The zero-order valence-corrected chi connectivity index (χ0v) is 8.34. The van der Waals surface area contributed by atoms with Crippen molar-refractivity contribution < 1.29 is 0 Å². The highest BCUT2D eigenvalue weighted by Gasteiger charge is 2.04. The van der Waals surface area contributed by atoms with Gasteiger partial charge in [-0.1, -0.05) is 0 Å². The standard InChI is InChI=1S/C5H12N2.C4H9N/c1-7-4-2-6-3-5-7;1-5-3-2-4-5/h6H,2-5H2,1H3;2-4H2,1H3. The molecule has 0 bridgehead atoms. The van der Waals surface area contributed by atoms with Crippen molar-refractivity contribution in [3.63, 3.8) is 0 Å². The van der Waals surface area contributed by atoms with Crippen LogP contribution in [0.1, 0.15) is 6.42 Å². The van der Waals surface area contributed by atoms with Crippen molar-refractivity contribution >= 4 is 0 Å². The Morgan fingerprint density at radius 3 is 1.42 bits per heavy atom. The van der Waals surface area contributed by atoms with Gasteiger partial charge in [-0.05, 0) is 33.6 Å². The number of likely N-dealkylation sites (tertiary alicyclic amines) is 1. The van der Waals surface area contributed by atoms with Gasteiger partial charge in [0.15, 0.2) is 0 Å². The first-order chi connectivity index (χ1) is 5.79. The second-order valence-electron chi connectivity index (χ2n) is 3.71. The summed E-state index contributed by atoms with van der Waals surface area (Å²) in [6.45, 7) is 7.38. The molecule has 3 heteroatoms. The van der Waals surface area contributed by atoms with Crippen LogP contribution in [0.25, 0.3) is 0 Å². The number of nitrogens with one attached hydrogen (secondary N) is 1. The molecule has 0 spiro atoms. The molecule has 2 fully saturated rings. The van der Waals surface area contributed by atoms with Crippen LogP contribution in [0.2, 0.25) is 0 Å². The van der Waals surface area contributed by atoms with E-state index in [1.165, 1.54) is 32.6 Å². The van der Waals surface area contributed by atoms with Gasteiger partial charge in [-0.2, -0.15) is 0 Å². The fourth-order valence-electron chi connectivity index (χ4n) is 1.25. The second kappa shape index (κ2) is 5.51. The molecule has 0 radical (unpaired) electrons. The van der Waals surface area contributed by atoms with Gasteiger partial charge in [0, 0.05) is 26.2 Å². The third kappa shape index (κ3) is 4.04. The highest BCUT2D eigenvalue weighted by molar-refractivity contribution is 4.62. The van der Waals surface area contributed by atoms with Gasteiger partial charge in [0.2, 0.25) is 0 Å². The molecule has 72 valence electrons. The van der Waals surface area contributed by atoms with E-state index in [1.54, 1.807) is 0 Å². The van der Waals surface area contributed by atoms with Crippen molar-refractivity contribution in [1.82, 2.24) is 15.1 Å². The van der Waals surface area contributed by atoms with E-state index in [2.05, 4.69) is 29.2 Å². The summed E-state index contributed by atoms with van der Waals surface area (Å²) < 4.78 is 0. The highest BCUT2D eigenvalue weighted by atomic mass is 15.2. The summed E-state index contributed by atoms with van der Waals surface area (Å²) in [5, 5.41) is 3.27. The molecule has 2 heterocycles. The van der Waals surface area contributed by atoms with E-state index in [4.69, 9.17) is 0 Å². The van der Waals surface area contributed by atoms with Crippen LogP contribution in [0.3, 0.4) is 0 Å². The lowest BCUT2D eigenvalue weighted by Crippen LogP contribution is -2.40. The molecule has 0 amide bonds. The van der Waals surface area contributed by atoms with Crippen molar-refractivity contribution in [3.05, 3.63) is 0 Å². The van der Waals surface area contributed by atoms with Crippen molar-refractivity contribution in [1.29, 1.82) is 0 Å². The smallest absolute Gasteiger partial charge is 0.0104 e. The molecular weight excluding hydrogens is 150 g/mol. The molecule has 2 saturated heterocycles. The quantitative estimate of drug-likeness (QED) is 0.546. The Balaban J connectivity index is 0.000000127. The number of nitrogens with zero attached hydrogens (tertiary/aromatic N) is 2. The van der Waals surface area contributed by atoms with E-state index >= 15 is 0 Å². The van der Waals surface area contributed by atoms with Gasteiger partial charge < -0.3 is 15.1 Å². The Morgan fingerprint density at radius 2 is 1.25 bits per heavy atom. The molecule has 0 aromatic heterocycles. The van der Waals surface area contributed by atoms with E-state index in [-0.39, 0.29) is 0 Å². The van der Waals surface area contributed by atoms with E-state index in [0.29, 0.717) is 0 Å². The molecule has 2 rings (SSSR count). The molecule has 2 aliphatic heterocycles. The monoisotopic (exact) mass is 171 g/mol. The largest absolute Gasteiger partial charge is 0.314 e. The second-order valence-corrected chi connectivity index (χ2v) is 3.71. The molecule has 0 atom stereocenters. The molecule has 12 heavy (non-hydrogen) atoms. The normalized spacial score (nSPS) is 25.5. The minimum Gasteiger partial charge on any atom is -0.314 e. The van der Waals surface area contributed by atoms with Gasteiger partial charge in [-0.25, -0.2) is 0 Å². The number of likely N-dealkylation sites (N-methyl/N-ethyl adjacent to an activating group) is 1. The zero-order chi connectivity index (χ0) is 8.81. The Labute approximate surface area is 75.7 Å². The molecule has 1 N–H and O–H groups in total. The minimum absolute atomic E-state index is 1.16. The highest BCUT2D eigenvalue weighted by Crippen LogP contribution is 1.98. The maximum absolute atomic E-state index is 3.27. The predicted molar refractivity (Wildman–Crippen MR) is 52.5 cm³/mol. The summed E-state index contributed by atoms with van der Waals surface area (Å²) in [7, 11) is 4.30. The van der Waals surface area contributed by atoms with Crippen LogP contribution in [-0.2, 0) is 0 Å². The van der Waals surface area contributed by atoms with E-state index in [9.17, 15) is 0 Å². The Kier molecular flexibility index (Phi) is 4.58. The van der Waals surface area contributed by atoms with Gasteiger partial charge >= 0.3 is 0 Å². The topological polar surface area (TPSA) is 18.5 Å². The number of hydrogen-bond donors (Lipinski definition) is 1. The fraction of sp³-hybridized carbons (Fsp3) is 1.00. The molecule has 0 saturated carbocycles. The molecule has 2 aliphatic rings. The third-order valence-electron chi connectivity index (χ3n) is 2.42. The van der Waals surface area contributed by atoms with E-state index < -0.39 is 0 Å². The van der Waals surface area contributed by atoms with E-state index in [1.807, 2.05) is 0 Å². The van der Waals surface area contributed by atoms with Crippen LogP contribution in [0.4, 0.5) is 0 Å². The molecule has 0 aromatic carbocycles. The van der Waals surface area contributed by atoms with Crippen LogP contribution in [0.5, 0.6) is 0 Å². The lowest BCUT2D eigenvalue weighted by Gasteiger charge is -2.24. The number of hydrogen-bond acceptors (Lipinski definition) is 3. The number of piperazine rings is 1. The zero-order valence-electron chi connectivity index (χ0n) is 8.34. The first-order valence-electron chi connectivity index (χ1n) is 4.87. The summed E-state index contributed by atoms with van der Waals surface area (Å²) in [5.74, 6) is 0. The van der Waals surface area contributed by atoms with Crippen molar-refractivity contribution in [2.24, 2.45) is 0 Å². The average molecular weight is 171 g/mol. The van der Waals surface area contributed by atoms with Crippen LogP contribution in [-0.4, -0.2) is 63.2 Å². The van der Waals surface area contributed by atoms with E-state index in [0.717, 1.165) is 13.1 Å². The van der Waals surface area contributed by atoms with Crippen molar-refractivity contribution in [2.75, 3.05) is 53.4 Å². The van der Waals surface area contributed by atoms with Crippen molar-refractivity contribution in [2.45, 2.75) is 6.42 Å². The van der Waals surface area contributed by atoms with Crippen molar-refractivity contribution in [3.8, 4) is 0 Å². The number of rotatable bonds is 0. The van der Waals surface area contributed by atoms with Gasteiger partial charge in [-0.15, -0.1) is 0 Å².